The number of hydrogen-bond donors (Lipinski definition) is 2. The highest BCUT2D eigenvalue weighted by Crippen LogP contribution is 2.24. The maximum Gasteiger partial charge on any atom is 0.338 e. The van der Waals surface area contributed by atoms with Crippen molar-refractivity contribution in [2.24, 2.45) is 0 Å². The van der Waals surface area contributed by atoms with E-state index in [1.807, 2.05) is 0 Å². The lowest BCUT2D eigenvalue weighted by Crippen LogP contribution is -2.13. The highest BCUT2D eigenvalue weighted by Gasteiger charge is 2.14. The number of halogens is 3. The molecule has 0 aliphatic carbocycles. The summed E-state index contributed by atoms with van der Waals surface area (Å²) in [6.45, 7) is -0.573. The van der Waals surface area contributed by atoms with E-state index in [0.717, 1.165) is 0 Å². The third-order valence-electron chi connectivity index (χ3n) is 1.67. The maximum atomic E-state index is 11.9. The Bertz CT molecular complexity index is 371. The average Bonchev–Trinajstić information content (AvgIpc) is 2.13. The van der Waals surface area contributed by atoms with Gasteiger partial charge in [-0.05, 0) is 28.1 Å². The summed E-state index contributed by atoms with van der Waals surface area (Å²) in [4.78, 5) is 10.8. The van der Waals surface area contributed by atoms with Crippen LogP contribution in [0.1, 0.15) is 10.4 Å². The molecule has 1 aromatic rings. The minimum atomic E-state index is -2.52. The maximum absolute atomic E-state index is 11.9. The topological polar surface area (TPSA) is 49.3 Å². The molecule has 15 heavy (non-hydrogen) atoms. The third-order valence-corrected chi connectivity index (χ3v) is 2.34. The molecule has 0 bridgehead atoms. The molecule has 1 aromatic carbocycles. The van der Waals surface area contributed by atoms with Crippen LogP contribution in [0, 0.1) is 0 Å². The van der Waals surface area contributed by atoms with Crippen molar-refractivity contribution >= 4 is 27.6 Å². The summed E-state index contributed by atoms with van der Waals surface area (Å²) in [5, 5.41) is 11.2. The van der Waals surface area contributed by atoms with Crippen LogP contribution in [0.25, 0.3) is 0 Å². The summed E-state index contributed by atoms with van der Waals surface area (Å²) >= 11 is 3.05. The number of benzene rings is 1. The lowest BCUT2D eigenvalue weighted by atomic mass is 10.2. The van der Waals surface area contributed by atoms with Gasteiger partial charge in [0.1, 0.15) is 0 Å². The molecule has 0 heterocycles. The lowest BCUT2D eigenvalue weighted by molar-refractivity contribution is 0.0696. The molecule has 0 saturated carbocycles. The number of carbonyl (C=O) groups is 1. The minimum absolute atomic E-state index is 0.0434. The van der Waals surface area contributed by atoms with Crippen LogP contribution in [0.15, 0.2) is 22.7 Å². The second-order valence-corrected chi connectivity index (χ2v) is 3.59. The van der Waals surface area contributed by atoms with Crippen molar-refractivity contribution in [2.45, 2.75) is 6.43 Å². The van der Waals surface area contributed by atoms with Gasteiger partial charge >= 0.3 is 5.97 Å². The van der Waals surface area contributed by atoms with Gasteiger partial charge in [0.15, 0.2) is 0 Å². The Balaban J connectivity index is 2.96. The number of carboxylic acid groups (broad SMARTS) is 1. The summed E-state index contributed by atoms with van der Waals surface area (Å²) in [6.07, 6.45) is -2.52. The predicted molar refractivity (Wildman–Crippen MR) is 55.6 cm³/mol. The Morgan fingerprint density at radius 2 is 2.20 bits per heavy atom. The quantitative estimate of drug-likeness (QED) is 0.891. The molecule has 3 nitrogen and oxygen atoms in total. The van der Waals surface area contributed by atoms with E-state index in [1.165, 1.54) is 12.1 Å². The number of alkyl halides is 2. The lowest BCUT2D eigenvalue weighted by Gasteiger charge is -2.09. The Morgan fingerprint density at radius 1 is 1.53 bits per heavy atom. The molecule has 1 rings (SSSR count). The van der Waals surface area contributed by atoms with Gasteiger partial charge in [0, 0.05) is 4.47 Å². The van der Waals surface area contributed by atoms with Crippen molar-refractivity contribution in [1.29, 1.82) is 0 Å². The summed E-state index contributed by atoms with van der Waals surface area (Å²) < 4.78 is 24.2. The molecule has 0 aliphatic rings. The van der Waals surface area contributed by atoms with Crippen molar-refractivity contribution in [3.8, 4) is 0 Å². The number of carboxylic acids is 1. The zero-order valence-electron chi connectivity index (χ0n) is 7.51. The first-order valence-corrected chi connectivity index (χ1v) is 4.85. The van der Waals surface area contributed by atoms with E-state index in [-0.39, 0.29) is 11.3 Å². The van der Waals surface area contributed by atoms with Gasteiger partial charge in [0.25, 0.3) is 6.43 Å². The molecule has 0 spiro atoms. The van der Waals surface area contributed by atoms with Gasteiger partial charge in [-0.3, -0.25) is 0 Å². The largest absolute Gasteiger partial charge is 0.478 e. The van der Waals surface area contributed by atoms with Crippen LogP contribution in [0.5, 0.6) is 0 Å². The van der Waals surface area contributed by atoms with Gasteiger partial charge in [-0.2, -0.15) is 0 Å². The van der Waals surface area contributed by atoms with Crippen molar-refractivity contribution in [3.05, 3.63) is 28.2 Å². The number of hydrogen-bond acceptors (Lipinski definition) is 2. The molecular formula is C9H8BrF2NO2. The Morgan fingerprint density at radius 3 is 2.73 bits per heavy atom. The van der Waals surface area contributed by atoms with Crippen LogP contribution < -0.4 is 5.32 Å². The standard InChI is InChI=1S/C9H8BrF2NO2/c10-5-2-1-3-6(8(5)9(14)15)13-4-7(11)12/h1-3,7,13H,4H2,(H,14,15). The first kappa shape index (κ1) is 11.9. The van der Waals surface area contributed by atoms with Crippen molar-refractivity contribution < 1.29 is 18.7 Å². The highest BCUT2D eigenvalue weighted by atomic mass is 79.9. The van der Waals surface area contributed by atoms with Crippen LogP contribution in [0.2, 0.25) is 0 Å². The van der Waals surface area contributed by atoms with Crippen molar-refractivity contribution in [3.63, 3.8) is 0 Å². The van der Waals surface area contributed by atoms with E-state index in [4.69, 9.17) is 5.11 Å². The zero-order chi connectivity index (χ0) is 11.4. The fourth-order valence-electron chi connectivity index (χ4n) is 1.08. The summed E-state index contributed by atoms with van der Waals surface area (Å²) in [5.41, 5.74) is 0.135. The molecular weight excluding hydrogens is 272 g/mol. The average molecular weight is 280 g/mol. The predicted octanol–water partition coefficient (Wildman–Crippen LogP) is 2.82. The molecule has 82 valence electrons. The normalized spacial score (nSPS) is 10.4. The van der Waals surface area contributed by atoms with Gasteiger partial charge in [-0.1, -0.05) is 6.07 Å². The smallest absolute Gasteiger partial charge is 0.338 e. The molecule has 0 saturated heterocycles. The highest BCUT2D eigenvalue weighted by molar-refractivity contribution is 9.10. The molecule has 0 unspecified atom stereocenters. The summed E-state index contributed by atoms with van der Waals surface area (Å²) in [5.74, 6) is -1.17. The minimum Gasteiger partial charge on any atom is -0.478 e. The van der Waals surface area contributed by atoms with Gasteiger partial charge in [-0.15, -0.1) is 0 Å². The molecule has 0 atom stereocenters. The Kier molecular flexibility index (Phi) is 4.02. The van der Waals surface area contributed by atoms with Crippen LogP contribution in [0.3, 0.4) is 0 Å². The number of anilines is 1. The molecule has 0 radical (unpaired) electrons. The van der Waals surface area contributed by atoms with E-state index in [0.29, 0.717) is 4.47 Å². The SMILES string of the molecule is O=C(O)c1c(Br)cccc1NCC(F)F. The van der Waals surface area contributed by atoms with E-state index >= 15 is 0 Å². The van der Waals surface area contributed by atoms with E-state index < -0.39 is 18.9 Å². The number of nitrogens with one attached hydrogen (secondary N) is 1. The monoisotopic (exact) mass is 279 g/mol. The number of aromatic carboxylic acids is 1. The molecule has 2 N–H and O–H groups in total. The van der Waals surface area contributed by atoms with Crippen LogP contribution >= 0.6 is 15.9 Å². The Labute approximate surface area is 93.2 Å². The van der Waals surface area contributed by atoms with Crippen LogP contribution in [-0.2, 0) is 0 Å². The van der Waals surface area contributed by atoms with E-state index in [1.54, 1.807) is 6.07 Å². The van der Waals surface area contributed by atoms with Gasteiger partial charge in [-0.25, -0.2) is 13.6 Å². The fourth-order valence-corrected chi connectivity index (χ4v) is 1.61. The first-order chi connectivity index (χ1) is 7.02. The van der Waals surface area contributed by atoms with Crippen molar-refractivity contribution in [2.75, 3.05) is 11.9 Å². The van der Waals surface area contributed by atoms with E-state index in [9.17, 15) is 13.6 Å². The molecule has 6 heteroatoms. The summed E-state index contributed by atoms with van der Waals surface area (Å²) in [6, 6.07) is 4.55. The Hall–Kier alpha value is -1.17. The molecule has 0 amide bonds. The van der Waals surface area contributed by atoms with Gasteiger partial charge in [0.2, 0.25) is 0 Å². The zero-order valence-corrected chi connectivity index (χ0v) is 9.09. The molecule has 0 aliphatic heterocycles. The van der Waals surface area contributed by atoms with Gasteiger partial charge in [0.05, 0.1) is 17.8 Å². The first-order valence-electron chi connectivity index (χ1n) is 4.06. The van der Waals surface area contributed by atoms with Crippen molar-refractivity contribution in [1.82, 2.24) is 0 Å². The van der Waals surface area contributed by atoms with Gasteiger partial charge < -0.3 is 10.4 Å². The third kappa shape index (κ3) is 3.16. The number of rotatable bonds is 4. The second kappa shape index (κ2) is 5.06. The van der Waals surface area contributed by atoms with E-state index in [2.05, 4.69) is 21.2 Å². The summed E-state index contributed by atoms with van der Waals surface area (Å²) in [7, 11) is 0. The van der Waals surface area contributed by atoms with Crippen LogP contribution in [0.4, 0.5) is 14.5 Å². The second-order valence-electron chi connectivity index (χ2n) is 2.74. The van der Waals surface area contributed by atoms with Crippen LogP contribution in [-0.4, -0.2) is 24.0 Å². The molecule has 0 aromatic heterocycles. The fraction of sp³-hybridized carbons (Fsp3) is 0.222. The molecule has 0 fully saturated rings.